The fraction of sp³-hybridized carbons (Fsp3) is 0.333. The number of carbonyl (C=O) groups is 2. The second-order valence-corrected chi connectivity index (χ2v) is 11.7. The first-order chi connectivity index (χ1) is 19.5. The molecule has 7 rings (SSSR count). The third kappa shape index (κ3) is 4.08. The molecular formula is C30H26Cl2FN5O3. The number of carboxylic acid groups (broad SMARTS) is 1. The molecule has 210 valence electrons. The van der Waals surface area contributed by atoms with Crippen LogP contribution < -0.4 is 5.73 Å². The molecule has 2 bridgehead atoms. The molecule has 2 aromatic heterocycles. The number of amides is 1. The quantitative estimate of drug-likeness (QED) is 0.234. The van der Waals surface area contributed by atoms with Gasteiger partial charge in [-0.25, -0.2) is 14.2 Å². The normalized spacial score (nSPS) is 20.3. The number of hydrogen-bond acceptors (Lipinski definition) is 5. The average Bonchev–Trinajstić information content (AvgIpc) is 3.62. The number of benzene rings is 2. The van der Waals surface area contributed by atoms with Crippen molar-refractivity contribution in [1.29, 1.82) is 5.26 Å². The van der Waals surface area contributed by atoms with Gasteiger partial charge in [-0.3, -0.25) is 4.79 Å². The summed E-state index contributed by atoms with van der Waals surface area (Å²) >= 11 is 12.8. The van der Waals surface area contributed by atoms with Crippen molar-refractivity contribution in [2.75, 3.05) is 6.54 Å². The number of ketones is 1. The third-order valence-electron chi connectivity index (χ3n) is 8.45. The molecule has 0 spiro atoms. The van der Waals surface area contributed by atoms with Gasteiger partial charge < -0.3 is 20.3 Å². The summed E-state index contributed by atoms with van der Waals surface area (Å²) in [6, 6.07) is 9.74. The van der Waals surface area contributed by atoms with Gasteiger partial charge in [0.25, 0.3) is 0 Å². The number of hydrogen-bond donors (Lipinski definition) is 2. The Kier molecular flexibility index (Phi) is 6.68. The maximum Gasteiger partial charge on any atom is 0.407 e. The smallest absolute Gasteiger partial charge is 0.407 e. The molecule has 4 aromatic rings. The van der Waals surface area contributed by atoms with Crippen molar-refractivity contribution >= 4 is 56.9 Å². The number of nitriles is 1. The van der Waals surface area contributed by atoms with Gasteiger partial charge in [-0.05, 0) is 43.5 Å². The van der Waals surface area contributed by atoms with Crippen molar-refractivity contribution in [2.24, 2.45) is 11.7 Å². The molecule has 3 fully saturated rings. The van der Waals surface area contributed by atoms with Crippen LogP contribution in [0.5, 0.6) is 0 Å². The molecule has 1 unspecified atom stereocenters. The van der Waals surface area contributed by atoms with Crippen LogP contribution in [0.1, 0.15) is 60.5 Å². The van der Waals surface area contributed by atoms with Crippen LogP contribution >= 0.6 is 23.2 Å². The number of carbonyl (C=O) groups excluding carboxylic acids is 1. The topological polar surface area (TPSA) is 125 Å². The molecule has 11 heteroatoms. The van der Waals surface area contributed by atoms with Gasteiger partial charge in [0.2, 0.25) is 0 Å². The average molecular weight is 594 g/mol. The van der Waals surface area contributed by atoms with Gasteiger partial charge in [0, 0.05) is 59.4 Å². The zero-order chi connectivity index (χ0) is 29.3. The molecule has 4 atom stereocenters. The highest BCUT2D eigenvalue weighted by Gasteiger charge is 2.55. The van der Waals surface area contributed by atoms with Crippen LogP contribution in [0, 0.1) is 23.1 Å². The minimum absolute atomic E-state index is 0.0215. The summed E-state index contributed by atoms with van der Waals surface area (Å²) in [5.41, 5.74) is 8.88. The van der Waals surface area contributed by atoms with E-state index in [9.17, 15) is 20.0 Å². The fourth-order valence-corrected chi connectivity index (χ4v) is 7.06. The summed E-state index contributed by atoms with van der Waals surface area (Å²) in [4.78, 5) is 30.9. The van der Waals surface area contributed by atoms with Crippen LogP contribution in [0.4, 0.5) is 9.18 Å². The van der Waals surface area contributed by atoms with Crippen molar-refractivity contribution in [3.8, 4) is 17.2 Å². The Hall–Kier alpha value is -3.71. The maximum atomic E-state index is 16.8. The second-order valence-electron chi connectivity index (χ2n) is 10.9. The molecule has 3 aliphatic rings. The van der Waals surface area contributed by atoms with Crippen molar-refractivity contribution in [3.63, 3.8) is 0 Å². The van der Waals surface area contributed by atoms with Crippen molar-refractivity contribution < 1.29 is 19.1 Å². The van der Waals surface area contributed by atoms with Crippen LogP contribution in [-0.4, -0.2) is 44.0 Å². The first kappa shape index (κ1) is 27.5. The number of aryl methyl sites for hydroxylation is 1. The third-order valence-corrected chi connectivity index (χ3v) is 9.27. The largest absolute Gasteiger partial charge is 0.465 e. The Labute approximate surface area is 245 Å². The lowest BCUT2D eigenvalue weighted by molar-refractivity contribution is 0.101. The molecule has 8 nitrogen and oxygen atoms in total. The van der Waals surface area contributed by atoms with Gasteiger partial charge >= 0.3 is 6.09 Å². The van der Waals surface area contributed by atoms with Gasteiger partial charge in [0.05, 0.1) is 33.7 Å². The van der Waals surface area contributed by atoms with Gasteiger partial charge in [-0.15, -0.1) is 0 Å². The summed E-state index contributed by atoms with van der Waals surface area (Å²) in [5.74, 6) is -0.965. The Morgan fingerprint density at radius 1 is 1.29 bits per heavy atom. The minimum Gasteiger partial charge on any atom is -0.465 e. The highest BCUT2D eigenvalue weighted by molar-refractivity contribution is 6.43. The van der Waals surface area contributed by atoms with E-state index in [0.717, 1.165) is 6.42 Å². The number of pyridine rings is 1. The van der Waals surface area contributed by atoms with E-state index in [0.29, 0.717) is 39.7 Å². The van der Waals surface area contributed by atoms with Crippen LogP contribution in [0.25, 0.3) is 32.9 Å². The lowest BCUT2D eigenvalue weighted by Gasteiger charge is -2.39. The summed E-state index contributed by atoms with van der Waals surface area (Å²) < 4.78 is 18.8. The van der Waals surface area contributed by atoms with E-state index in [2.05, 4.69) is 11.1 Å². The summed E-state index contributed by atoms with van der Waals surface area (Å²) in [7, 11) is 0. The van der Waals surface area contributed by atoms with Crippen LogP contribution in [0.15, 0.2) is 30.3 Å². The first-order valence-corrected chi connectivity index (χ1v) is 14.1. The molecule has 1 amide bonds. The summed E-state index contributed by atoms with van der Waals surface area (Å²) in [5, 5.41) is 20.6. The predicted molar refractivity (Wildman–Crippen MR) is 155 cm³/mol. The van der Waals surface area contributed by atoms with Crippen LogP contribution in [-0.2, 0) is 6.42 Å². The SMILES string of the molecule is CC(=O)c1nc2c(F)c(-c3cccc(Cl)c3Cl)c(CCC#N)cc2c2c1cc(C(C)N)n2[C@H]1[C@@H]2C[C@H]1N(C(=O)O)C2. The zero-order valence-corrected chi connectivity index (χ0v) is 23.8. The van der Waals surface area contributed by atoms with Crippen molar-refractivity contribution in [2.45, 2.75) is 51.2 Å². The number of nitrogens with two attached hydrogens (primary N) is 1. The highest BCUT2D eigenvalue weighted by atomic mass is 35.5. The standard InChI is InChI=1S/C30H26Cl2FN5O3/c1-13(35)21-11-19-26(14(2)39)36-27-18(29(19)38(21)28-16-10-22(28)37(12-16)30(40)41)9-15(5-4-8-34)23(25(27)33)17-6-3-7-20(31)24(17)32/h3,6-7,9,11,13,16,22,28H,4-5,10,12,35H2,1-2H3,(H,40,41)/t13?,16-,22-,28+/m1/s1. The van der Waals surface area contributed by atoms with E-state index in [1.807, 2.05) is 17.6 Å². The van der Waals surface area contributed by atoms with Gasteiger partial charge in [0.1, 0.15) is 11.2 Å². The molecule has 4 heterocycles. The number of nitrogens with zero attached hydrogens (tertiary/aromatic N) is 4. The fourth-order valence-electron chi connectivity index (χ4n) is 6.66. The Morgan fingerprint density at radius 2 is 2.05 bits per heavy atom. The Morgan fingerprint density at radius 3 is 2.68 bits per heavy atom. The van der Waals surface area contributed by atoms with Crippen LogP contribution in [0.3, 0.4) is 0 Å². The number of fused-ring (bicyclic) bond motifs is 4. The van der Waals surface area contributed by atoms with E-state index in [1.54, 1.807) is 24.3 Å². The molecule has 1 aliphatic carbocycles. The molecule has 1 saturated carbocycles. The summed E-state index contributed by atoms with van der Waals surface area (Å²) in [6.45, 7) is 3.59. The second kappa shape index (κ2) is 9.98. The van der Waals surface area contributed by atoms with E-state index in [4.69, 9.17) is 28.9 Å². The number of halogens is 3. The predicted octanol–water partition coefficient (Wildman–Crippen LogP) is 6.90. The number of aromatic nitrogens is 2. The number of rotatable bonds is 6. The maximum absolute atomic E-state index is 16.8. The molecular weight excluding hydrogens is 568 g/mol. The zero-order valence-electron chi connectivity index (χ0n) is 22.3. The lowest BCUT2D eigenvalue weighted by Crippen LogP contribution is -2.42. The molecule has 2 saturated heterocycles. The van der Waals surface area contributed by atoms with E-state index >= 15 is 4.39 Å². The van der Waals surface area contributed by atoms with Gasteiger partial charge in [-0.2, -0.15) is 5.26 Å². The molecule has 2 aliphatic heterocycles. The minimum atomic E-state index is -0.984. The Balaban J connectivity index is 1.74. The van der Waals surface area contributed by atoms with E-state index < -0.39 is 18.0 Å². The van der Waals surface area contributed by atoms with Crippen molar-refractivity contribution in [1.82, 2.24) is 14.5 Å². The van der Waals surface area contributed by atoms with Gasteiger partial charge in [-0.1, -0.05) is 35.3 Å². The number of Topliss-reactive ketones (excluding diaryl/α,β-unsaturated/α-hetero) is 1. The molecule has 0 radical (unpaired) electrons. The molecule has 41 heavy (non-hydrogen) atoms. The molecule has 2 aromatic carbocycles. The summed E-state index contributed by atoms with van der Waals surface area (Å²) in [6.07, 6.45) is 0.101. The van der Waals surface area contributed by atoms with E-state index in [-0.39, 0.29) is 63.4 Å². The van der Waals surface area contributed by atoms with Crippen molar-refractivity contribution in [3.05, 3.63) is 63.1 Å². The molecule has 3 N–H and O–H groups in total. The van der Waals surface area contributed by atoms with Crippen LogP contribution in [0.2, 0.25) is 10.0 Å². The van der Waals surface area contributed by atoms with E-state index in [1.165, 1.54) is 11.8 Å². The van der Waals surface area contributed by atoms with Gasteiger partial charge in [0.15, 0.2) is 11.6 Å². The monoisotopic (exact) mass is 593 g/mol. The Bertz CT molecular complexity index is 1830. The highest BCUT2D eigenvalue weighted by Crippen LogP contribution is 2.53. The lowest BCUT2D eigenvalue weighted by atomic mass is 9.79. The first-order valence-electron chi connectivity index (χ1n) is 13.3.